The summed E-state index contributed by atoms with van der Waals surface area (Å²) in [4.78, 5) is 17.9. The second-order valence-electron chi connectivity index (χ2n) is 8.69. The average Bonchev–Trinajstić information content (AvgIpc) is 2.82. The topological polar surface area (TPSA) is 35.6 Å². The maximum absolute atomic E-state index is 13.6. The van der Waals surface area contributed by atoms with Gasteiger partial charge in [0, 0.05) is 31.7 Å². The van der Waals surface area contributed by atoms with Crippen molar-refractivity contribution in [3.8, 4) is 0 Å². The first kappa shape index (κ1) is 23.1. The number of aryl methyl sites for hydroxylation is 1. The number of amides is 1. The van der Waals surface area contributed by atoms with Gasteiger partial charge in [0.2, 0.25) is 0 Å². The van der Waals surface area contributed by atoms with E-state index >= 15 is 0 Å². The Morgan fingerprint density at radius 1 is 0.909 bits per heavy atom. The van der Waals surface area contributed by atoms with Crippen LogP contribution in [-0.2, 0) is 13.1 Å². The number of anilines is 1. The molecular weight excluding hydrogens is 413 g/mol. The first-order valence-electron chi connectivity index (χ1n) is 11.7. The zero-order chi connectivity index (χ0) is 23.0. The van der Waals surface area contributed by atoms with Gasteiger partial charge in [-0.1, -0.05) is 48.5 Å². The van der Waals surface area contributed by atoms with Crippen molar-refractivity contribution in [3.05, 3.63) is 101 Å². The molecule has 1 amide bonds. The molecule has 0 saturated heterocycles. The lowest BCUT2D eigenvalue weighted by Gasteiger charge is -2.30. The molecule has 0 fully saturated rings. The molecule has 5 heteroatoms. The maximum atomic E-state index is 13.6. The summed E-state index contributed by atoms with van der Waals surface area (Å²) in [7, 11) is 0. The monoisotopic (exact) mass is 445 g/mol. The summed E-state index contributed by atoms with van der Waals surface area (Å²) in [5, 5.41) is 3.56. The molecule has 0 spiro atoms. The van der Waals surface area contributed by atoms with E-state index in [0.717, 1.165) is 55.8 Å². The van der Waals surface area contributed by atoms with Crippen molar-refractivity contribution in [2.24, 2.45) is 0 Å². The number of fused-ring (bicyclic) bond motifs is 1. The fourth-order valence-corrected chi connectivity index (χ4v) is 4.53. The highest BCUT2D eigenvalue weighted by molar-refractivity contribution is 6.06. The van der Waals surface area contributed by atoms with Gasteiger partial charge in [0.05, 0.1) is 5.69 Å². The van der Waals surface area contributed by atoms with Gasteiger partial charge >= 0.3 is 0 Å². The smallest absolute Gasteiger partial charge is 0.258 e. The van der Waals surface area contributed by atoms with Crippen LogP contribution in [0.3, 0.4) is 0 Å². The first-order chi connectivity index (χ1) is 16.1. The number of carbonyl (C=O) groups is 1. The number of rotatable bonds is 3. The zero-order valence-corrected chi connectivity index (χ0v) is 19.3. The van der Waals surface area contributed by atoms with Gasteiger partial charge in [0.15, 0.2) is 0 Å². The van der Waals surface area contributed by atoms with Gasteiger partial charge in [-0.3, -0.25) is 9.69 Å². The Morgan fingerprint density at radius 2 is 1.67 bits per heavy atom. The number of para-hydroxylation sites is 1. The molecule has 172 valence electrons. The molecule has 0 aliphatic carbocycles. The predicted molar refractivity (Wildman–Crippen MR) is 132 cm³/mol. The van der Waals surface area contributed by atoms with E-state index in [1.54, 1.807) is 12.1 Å². The summed E-state index contributed by atoms with van der Waals surface area (Å²) in [6.45, 7) is 7.12. The summed E-state index contributed by atoms with van der Waals surface area (Å²) in [5.41, 5.74) is 4.97. The van der Waals surface area contributed by atoms with Crippen molar-refractivity contribution in [2.45, 2.75) is 32.9 Å². The standard InChI is InChI=1S/C28H32FN3O/c1-22-8-5-11-25-20-30-16-6-17-31(21-23-9-3-2-4-10-23)18-7-19-32(27(22)25)28(33)24-12-14-26(29)15-13-24/h2-5,8-15,30H,6-7,16-21H2,1H3. The Bertz CT molecular complexity index is 1050. The Kier molecular flexibility index (Phi) is 7.87. The molecule has 1 aliphatic rings. The number of hydrogen-bond acceptors (Lipinski definition) is 3. The van der Waals surface area contributed by atoms with Gasteiger partial charge in [-0.05, 0) is 73.8 Å². The second kappa shape index (κ2) is 11.2. The van der Waals surface area contributed by atoms with Crippen molar-refractivity contribution in [2.75, 3.05) is 31.1 Å². The lowest BCUT2D eigenvalue weighted by Crippen LogP contribution is -2.37. The van der Waals surface area contributed by atoms with E-state index in [1.165, 1.54) is 17.7 Å². The summed E-state index contributed by atoms with van der Waals surface area (Å²) < 4.78 is 13.5. The molecule has 3 aromatic rings. The number of hydrogen-bond donors (Lipinski definition) is 1. The summed E-state index contributed by atoms with van der Waals surface area (Å²) in [6.07, 6.45) is 1.94. The largest absolute Gasteiger partial charge is 0.313 e. The van der Waals surface area contributed by atoms with Crippen LogP contribution >= 0.6 is 0 Å². The Morgan fingerprint density at radius 3 is 2.45 bits per heavy atom. The van der Waals surface area contributed by atoms with E-state index in [1.807, 2.05) is 17.0 Å². The molecule has 0 atom stereocenters. The SMILES string of the molecule is Cc1cccc2c1N(C(=O)c1ccc(F)cc1)CCCN(Cc1ccccc1)CCCNC2. The summed E-state index contributed by atoms with van der Waals surface area (Å²) in [5.74, 6) is -0.421. The van der Waals surface area contributed by atoms with Gasteiger partial charge in [0.1, 0.15) is 5.82 Å². The van der Waals surface area contributed by atoms with Crippen LogP contribution in [0.2, 0.25) is 0 Å². The maximum Gasteiger partial charge on any atom is 0.258 e. The molecule has 3 aromatic carbocycles. The third-order valence-corrected chi connectivity index (χ3v) is 6.18. The summed E-state index contributed by atoms with van der Waals surface area (Å²) in [6, 6.07) is 22.6. The Hall–Kier alpha value is -3.02. The van der Waals surface area contributed by atoms with Gasteiger partial charge in [-0.25, -0.2) is 4.39 Å². The predicted octanol–water partition coefficient (Wildman–Crippen LogP) is 5.17. The fourth-order valence-electron chi connectivity index (χ4n) is 4.53. The average molecular weight is 446 g/mol. The molecule has 1 N–H and O–H groups in total. The second-order valence-corrected chi connectivity index (χ2v) is 8.69. The van der Waals surface area contributed by atoms with Crippen LogP contribution < -0.4 is 10.2 Å². The van der Waals surface area contributed by atoms with E-state index in [4.69, 9.17) is 0 Å². The van der Waals surface area contributed by atoms with E-state index < -0.39 is 0 Å². The van der Waals surface area contributed by atoms with Crippen LogP contribution in [0.5, 0.6) is 0 Å². The van der Waals surface area contributed by atoms with E-state index in [2.05, 4.69) is 53.5 Å². The molecule has 0 saturated carbocycles. The highest BCUT2D eigenvalue weighted by atomic mass is 19.1. The Balaban J connectivity index is 1.60. The molecule has 0 bridgehead atoms. The number of nitrogens with one attached hydrogen (secondary N) is 1. The van der Waals surface area contributed by atoms with Crippen molar-refractivity contribution in [1.29, 1.82) is 0 Å². The minimum Gasteiger partial charge on any atom is -0.313 e. The third-order valence-electron chi connectivity index (χ3n) is 6.18. The number of nitrogens with zero attached hydrogens (tertiary/aromatic N) is 2. The van der Waals surface area contributed by atoms with Crippen LogP contribution in [0.15, 0.2) is 72.8 Å². The van der Waals surface area contributed by atoms with Gasteiger partial charge in [-0.2, -0.15) is 0 Å². The number of benzene rings is 3. The highest BCUT2D eigenvalue weighted by Crippen LogP contribution is 2.28. The van der Waals surface area contributed by atoms with Gasteiger partial charge in [0.25, 0.3) is 5.91 Å². The van der Waals surface area contributed by atoms with Crippen LogP contribution in [0.1, 0.15) is 39.9 Å². The molecule has 4 rings (SSSR count). The molecule has 1 aliphatic heterocycles. The normalized spacial score (nSPS) is 15.9. The van der Waals surface area contributed by atoms with Crippen molar-refractivity contribution in [3.63, 3.8) is 0 Å². The molecular formula is C28H32FN3O. The van der Waals surface area contributed by atoms with E-state index in [9.17, 15) is 9.18 Å². The molecule has 0 unspecified atom stereocenters. The highest BCUT2D eigenvalue weighted by Gasteiger charge is 2.22. The molecule has 33 heavy (non-hydrogen) atoms. The van der Waals surface area contributed by atoms with Crippen molar-refractivity contribution >= 4 is 11.6 Å². The van der Waals surface area contributed by atoms with Gasteiger partial charge < -0.3 is 10.2 Å². The van der Waals surface area contributed by atoms with Crippen molar-refractivity contribution < 1.29 is 9.18 Å². The molecule has 4 nitrogen and oxygen atoms in total. The number of halogens is 1. The lowest BCUT2D eigenvalue weighted by molar-refractivity contribution is 0.0985. The Labute approximate surface area is 196 Å². The summed E-state index contributed by atoms with van der Waals surface area (Å²) >= 11 is 0. The zero-order valence-electron chi connectivity index (χ0n) is 19.3. The van der Waals surface area contributed by atoms with Crippen LogP contribution in [0.25, 0.3) is 0 Å². The van der Waals surface area contributed by atoms with Crippen LogP contribution in [0, 0.1) is 12.7 Å². The third kappa shape index (κ3) is 6.06. The molecule has 0 aromatic heterocycles. The van der Waals surface area contributed by atoms with E-state index in [0.29, 0.717) is 18.7 Å². The number of carbonyl (C=O) groups excluding carboxylic acids is 1. The minimum atomic E-state index is -0.336. The quantitative estimate of drug-likeness (QED) is 0.604. The van der Waals surface area contributed by atoms with Crippen LogP contribution in [0.4, 0.5) is 10.1 Å². The molecule has 1 heterocycles. The fraction of sp³-hybridized carbons (Fsp3) is 0.321. The molecule has 0 radical (unpaired) electrons. The van der Waals surface area contributed by atoms with Gasteiger partial charge in [-0.15, -0.1) is 0 Å². The minimum absolute atomic E-state index is 0.0859. The van der Waals surface area contributed by atoms with Crippen LogP contribution in [-0.4, -0.2) is 37.0 Å². The van der Waals surface area contributed by atoms with E-state index in [-0.39, 0.29) is 11.7 Å². The lowest BCUT2D eigenvalue weighted by atomic mass is 10.0. The first-order valence-corrected chi connectivity index (χ1v) is 11.7. The van der Waals surface area contributed by atoms with Crippen molar-refractivity contribution in [1.82, 2.24) is 10.2 Å².